The Balaban J connectivity index is 2.29. The summed E-state index contributed by atoms with van der Waals surface area (Å²) in [7, 11) is -4.49. The molecule has 0 spiro atoms. The van der Waals surface area contributed by atoms with Gasteiger partial charge in [0.05, 0.1) is 12.5 Å². The molecule has 1 heterocycles. The third kappa shape index (κ3) is 3.37. The Morgan fingerprint density at radius 3 is 2.77 bits per heavy atom. The summed E-state index contributed by atoms with van der Waals surface area (Å²) in [6.07, 6.45) is 5.07. The van der Waals surface area contributed by atoms with Crippen LogP contribution in [0.4, 0.5) is 0 Å². The van der Waals surface area contributed by atoms with Gasteiger partial charge < -0.3 is 14.6 Å². The van der Waals surface area contributed by atoms with Crippen LogP contribution in [0.3, 0.4) is 0 Å². The molecule has 2 rings (SSSR count). The number of allylic oxidation sites excluding steroid dienone is 3. The van der Waals surface area contributed by atoms with Crippen molar-refractivity contribution in [2.24, 2.45) is 0 Å². The lowest BCUT2D eigenvalue weighted by Crippen LogP contribution is -2.34. The van der Waals surface area contributed by atoms with Crippen molar-refractivity contribution >= 4 is 22.1 Å². The van der Waals surface area contributed by atoms with Gasteiger partial charge in [0, 0.05) is 6.92 Å². The van der Waals surface area contributed by atoms with Crippen molar-refractivity contribution in [3.05, 3.63) is 35.3 Å². The van der Waals surface area contributed by atoms with Gasteiger partial charge in [-0.1, -0.05) is 0 Å². The van der Waals surface area contributed by atoms with E-state index in [-0.39, 0.29) is 12.0 Å². The Kier molecular flexibility index (Phi) is 4.67. The van der Waals surface area contributed by atoms with Crippen LogP contribution in [0.25, 0.3) is 0 Å². The fourth-order valence-electron chi connectivity index (χ4n) is 2.27. The average Bonchev–Trinajstić information content (AvgIpc) is 2.81. The molecule has 0 aromatic rings. The number of ether oxygens (including phenoxy) is 2. The number of carboxylic acids is 1. The molecular formula is C13H14O8S. The summed E-state index contributed by atoms with van der Waals surface area (Å²) < 4.78 is 38.1. The number of carboxylic acid groups (broad SMARTS) is 1. The molecule has 0 saturated carbocycles. The molecule has 1 aliphatic heterocycles. The lowest BCUT2D eigenvalue weighted by atomic mass is 10.1. The zero-order valence-corrected chi connectivity index (χ0v) is 12.5. The molecule has 1 atom stereocenters. The molecule has 0 fully saturated rings. The molecule has 1 unspecified atom stereocenters. The first-order valence-electron chi connectivity index (χ1n) is 6.32. The summed E-state index contributed by atoms with van der Waals surface area (Å²) in [5.41, 5.74) is 1.48. The molecule has 8 nitrogen and oxygen atoms in total. The second kappa shape index (κ2) is 6.32. The molecule has 1 aliphatic carbocycles. The number of hydrogen-bond acceptors (Lipinski definition) is 7. The Bertz CT molecular complexity index is 683. The molecule has 1 N–H and O–H groups in total. The van der Waals surface area contributed by atoms with E-state index in [9.17, 15) is 23.1 Å². The molecule has 0 amide bonds. The van der Waals surface area contributed by atoms with Crippen LogP contribution in [-0.2, 0) is 33.4 Å². The zero-order valence-electron chi connectivity index (χ0n) is 11.6. The van der Waals surface area contributed by atoms with E-state index in [0.717, 1.165) is 12.5 Å². The maximum Gasteiger partial charge on any atom is 0.328 e. The number of carbonyl (C=O) groups excluding carboxylic acids is 1. The van der Waals surface area contributed by atoms with Crippen LogP contribution < -0.4 is 0 Å². The summed E-state index contributed by atoms with van der Waals surface area (Å²) in [5.74, 6) is -2.28. The summed E-state index contributed by atoms with van der Waals surface area (Å²) in [4.78, 5) is 22.1. The third-order valence-electron chi connectivity index (χ3n) is 3.18. The number of fused-ring (bicyclic) bond motifs is 1. The third-order valence-corrected chi connectivity index (χ3v) is 4.67. The van der Waals surface area contributed by atoms with Gasteiger partial charge in [0.2, 0.25) is 12.0 Å². The van der Waals surface area contributed by atoms with Gasteiger partial charge in [-0.2, -0.15) is 8.42 Å². The maximum atomic E-state index is 12.1. The smallest absolute Gasteiger partial charge is 0.328 e. The minimum Gasteiger partial charge on any atom is -0.480 e. The predicted molar refractivity (Wildman–Crippen MR) is 72.6 cm³/mol. The number of hydrogen-bond donors (Lipinski definition) is 1. The first-order valence-corrected chi connectivity index (χ1v) is 7.79. The molecule has 0 saturated heterocycles. The Morgan fingerprint density at radius 2 is 2.14 bits per heavy atom. The Morgan fingerprint density at radius 1 is 1.41 bits per heavy atom. The number of rotatable bonds is 6. The lowest BCUT2D eigenvalue weighted by Gasteiger charge is -2.16. The fourth-order valence-corrected chi connectivity index (χ4v) is 3.43. The van der Waals surface area contributed by atoms with Crippen LogP contribution in [0.2, 0.25) is 0 Å². The normalized spacial score (nSPS) is 18.3. The number of aliphatic carboxylic acids is 1. The number of esters is 1. The van der Waals surface area contributed by atoms with E-state index in [4.69, 9.17) is 4.74 Å². The molecule has 9 heteroatoms. The number of carbonyl (C=O) groups is 2. The van der Waals surface area contributed by atoms with E-state index in [1.165, 1.54) is 18.6 Å². The van der Waals surface area contributed by atoms with Crippen molar-refractivity contribution in [3.63, 3.8) is 0 Å². The van der Waals surface area contributed by atoms with Crippen molar-refractivity contribution in [3.8, 4) is 0 Å². The highest BCUT2D eigenvalue weighted by Crippen LogP contribution is 2.38. The first kappa shape index (κ1) is 16.2. The van der Waals surface area contributed by atoms with Crippen molar-refractivity contribution in [2.45, 2.75) is 25.0 Å². The van der Waals surface area contributed by atoms with Gasteiger partial charge in [-0.3, -0.25) is 9.59 Å². The molecule has 0 radical (unpaired) electrons. The van der Waals surface area contributed by atoms with Gasteiger partial charge in [0.1, 0.15) is 0 Å². The Hall–Kier alpha value is -2.13. The van der Waals surface area contributed by atoms with Crippen LogP contribution >= 0.6 is 0 Å². The lowest BCUT2D eigenvalue weighted by molar-refractivity contribution is -0.147. The van der Waals surface area contributed by atoms with Crippen LogP contribution in [0.5, 0.6) is 0 Å². The van der Waals surface area contributed by atoms with Gasteiger partial charge in [-0.05, 0) is 35.6 Å². The largest absolute Gasteiger partial charge is 0.480 e. The van der Waals surface area contributed by atoms with Crippen molar-refractivity contribution in [1.82, 2.24) is 0 Å². The van der Waals surface area contributed by atoms with Crippen molar-refractivity contribution < 1.29 is 36.8 Å². The topological polar surface area (TPSA) is 116 Å². The first-order chi connectivity index (χ1) is 10.3. The molecule has 0 aromatic heterocycles. The highest BCUT2D eigenvalue weighted by atomic mass is 32.2. The Labute approximate surface area is 126 Å². The van der Waals surface area contributed by atoms with Gasteiger partial charge in [0.15, 0.2) is 0 Å². The zero-order chi connectivity index (χ0) is 16.3. The summed E-state index contributed by atoms with van der Waals surface area (Å²) in [6.45, 7) is 0.224. The molecule has 22 heavy (non-hydrogen) atoms. The quantitative estimate of drug-likeness (QED) is 0.432. The molecule has 0 aromatic carbocycles. The SMILES string of the molecule is CC(=O)OCOS(=O)(=O)C(C(=O)O)C1=C2C=COC=C2CC1. The second-order valence-electron chi connectivity index (χ2n) is 4.60. The maximum absolute atomic E-state index is 12.1. The van der Waals surface area contributed by atoms with Gasteiger partial charge in [0.25, 0.3) is 10.1 Å². The highest BCUT2D eigenvalue weighted by molar-refractivity contribution is 7.88. The van der Waals surface area contributed by atoms with E-state index >= 15 is 0 Å². The summed E-state index contributed by atoms with van der Waals surface area (Å²) in [6, 6.07) is 0. The van der Waals surface area contributed by atoms with E-state index in [1.54, 1.807) is 0 Å². The van der Waals surface area contributed by atoms with Crippen LogP contribution in [-0.4, -0.2) is 37.5 Å². The molecule has 2 aliphatic rings. The minimum atomic E-state index is -4.49. The summed E-state index contributed by atoms with van der Waals surface area (Å²) >= 11 is 0. The molecular weight excluding hydrogens is 316 g/mol. The highest BCUT2D eigenvalue weighted by Gasteiger charge is 2.41. The second-order valence-corrected chi connectivity index (χ2v) is 6.30. The molecule has 0 bridgehead atoms. The van der Waals surface area contributed by atoms with Crippen molar-refractivity contribution in [1.29, 1.82) is 0 Å². The van der Waals surface area contributed by atoms with Gasteiger partial charge in [-0.15, -0.1) is 0 Å². The fraction of sp³-hybridized carbons (Fsp3) is 0.385. The van der Waals surface area contributed by atoms with Gasteiger partial charge >= 0.3 is 11.9 Å². The van der Waals surface area contributed by atoms with Gasteiger partial charge in [-0.25, -0.2) is 4.18 Å². The van der Waals surface area contributed by atoms with Crippen molar-refractivity contribution in [2.75, 3.05) is 6.79 Å². The average molecular weight is 330 g/mol. The van der Waals surface area contributed by atoms with Crippen LogP contribution in [0.1, 0.15) is 19.8 Å². The van der Waals surface area contributed by atoms with E-state index in [0.29, 0.717) is 12.0 Å². The predicted octanol–water partition coefficient (Wildman–Crippen LogP) is 0.825. The van der Waals surface area contributed by atoms with E-state index in [1.807, 2.05) is 0 Å². The summed E-state index contributed by atoms with van der Waals surface area (Å²) in [5, 5.41) is 7.44. The monoisotopic (exact) mass is 330 g/mol. The standard InChI is InChI=1S/C13H14O8S/c1-8(14)20-7-21-22(17,18)12(13(15)16)11-3-2-9-6-19-5-4-10(9)11/h4-6,12H,2-3,7H2,1H3,(H,15,16). The van der Waals surface area contributed by atoms with E-state index in [2.05, 4.69) is 8.92 Å². The minimum absolute atomic E-state index is 0.223. The van der Waals surface area contributed by atoms with E-state index < -0.39 is 34.1 Å². The van der Waals surface area contributed by atoms with Crippen LogP contribution in [0.15, 0.2) is 35.3 Å². The van der Waals surface area contributed by atoms with Crippen LogP contribution in [0, 0.1) is 0 Å². The molecule has 120 valence electrons.